The van der Waals surface area contributed by atoms with Gasteiger partial charge in [-0.2, -0.15) is 0 Å². The summed E-state index contributed by atoms with van der Waals surface area (Å²) in [4.78, 5) is 10.7. The van der Waals surface area contributed by atoms with Gasteiger partial charge in [-0.05, 0) is 24.6 Å². The summed E-state index contributed by atoms with van der Waals surface area (Å²) >= 11 is 5.70. The lowest BCUT2D eigenvalue weighted by Gasteiger charge is -2.18. The van der Waals surface area contributed by atoms with Crippen LogP contribution in [0.4, 0.5) is 0 Å². The van der Waals surface area contributed by atoms with Crippen molar-refractivity contribution in [2.75, 3.05) is 0 Å². The number of rotatable bonds is 3. The molecule has 1 unspecified atom stereocenters. The average Bonchev–Trinajstić information content (AvgIpc) is 2.08. The van der Waals surface area contributed by atoms with Crippen LogP contribution in [0.15, 0.2) is 24.3 Å². The van der Waals surface area contributed by atoms with Crippen LogP contribution in [0.5, 0.6) is 0 Å². The third-order valence-corrected chi connectivity index (χ3v) is 2.23. The van der Waals surface area contributed by atoms with Crippen molar-refractivity contribution in [3.05, 3.63) is 34.9 Å². The van der Waals surface area contributed by atoms with E-state index < -0.39 is 11.5 Å². The molecule has 0 radical (unpaired) electrons. The van der Waals surface area contributed by atoms with E-state index in [0.29, 0.717) is 11.4 Å². The van der Waals surface area contributed by atoms with Crippen molar-refractivity contribution in [3.63, 3.8) is 0 Å². The standard InChI is InChI=1S/C10H12ClNO2.ClH/c1-10(12,9(13)14)6-7-2-4-8(11)5-3-7;/h2-5H,6,12H2,1H3,(H,13,14);1H. The molecule has 84 valence electrons. The molecular weight excluding hydrogens is 237 g/mol. The largest absolute Gasteiger partial charge is 0.480 e. The van der Waals surface area contributed by atoms with E-state index in [0.717, 1.165) is 5.56 Å². The number of carbonyl (C=O) groups is 1. The molecule has 3 N–H and O–H groups in total. The molecule has 0 saturated carbocycles. The summed E-state index contributed by atoms with van der Waals surface area (Å²) in [5.41, 5.74) is 5.23. The van der Waals surface area contributed by atoms with Crippen molar-refractivity contribution < 1.29 is 9.90 Å². The molecule has 0 aliphatic carbocycles. The highest BCUT2D eigenvalue weighted by Crippen LogP contribution is 2.14. The van der Waals surface area contributed by atoms with Crippen molar-refractivity contribution in [1.29, 1.82) is 0 Å². The van der Waals surface area contributed by atoms with Gasteiger partial charge in [0.15, 0.2) is 0 Å². The van der Waals surface area contributed by atoms with Crippen LogP contribution in [0.3, 0.4) is 0 Å². The number of hydrogen-bond donors (Lipinski definition) is 2. The first-order valence-corrected chi connectivity index (χ1v) is 4.56. The van der Waals surface area contributed by atoms with Gasteiger partial charge in [0.05, 0.1) is 0 Å². The summed E-state index contributed by atoms with van der Waals surface area (Å²) < 4.78 is 0. The fourth-order valence-electron chi connectivity index (χ4n) is 1.10. The molecule has 15 heavy (non-hydrogen) atoms. The quantitative estimate of drug-likeness (QED) is 0.863. The van der Waals surface area contributed by atoms with Crippen molar-refractivity contribution in [2.24, 2.45) is 5.73 Å². The maximum absolute atomic E-state index is 10.7. The predicted octanol–water partition coefficient (Wildman–Crippen LogP) is 2.11. The SMILES string of the molecule is CC(N)(Cc1ccc(Cl)cc1)C(=O)O.Cl. The van der Waals surface area contributed by atoms with Gasteiger partial charge in [-0.15, -0.1) is 12.4 Å². The fourth-order valence-corrected chi connectivity index (χ4v) is 1.23. The molecule has 0 amide bonds. The number of halogens is 2. The van der Waals surface area contributed by atoms with Gasteiger partial charge >= 0.3 is 5.97 Å². The third-order valence-electron chi connectivity index (χ3n) is 1.97. The van der Waals surface area contributed by atoms with Crippen molar-refractivity contribution in [3.8, 4) is 0 Å². The van der Waals surface area contributed by atoms with Crippen LogP contribution in [0, 0.1) is 0 Å². The van der Waals surface area contributed by atoms with Crippen LogP contribution < -0.4 is 5.73 Å². The molecule has 0 fully saturated rings. The van der Waals surface area contributed by atoms with Crippen molar-refractivity contribution >= 4 is 30.0 Å². The number of carboxylic acid groups (broad SMARTS) is 1. The van der Waals surface area contributed by atoms with E-state index in [2.05, 4.69) is 0 Å². The Labute approximate surface area is 99.6 Å². The first kappa shape index (κ1) is 14.2. The third kappa shape index (κ3) is 4.08. The van der Waals surface area contributed by atoms with Crippen LogP contribution in [0.1, 0.15) is 12.5 Å². The Hall–Kier alpha value is -0.770. The summed E-state index contributed by atoms with van der Waals surface area (Å²) in [7, 11) is 0. The van der Waals surface area contributed by atoms with Gasteiger partial charge in [0.2, 0.25) is 0 Å². The highest BCUT2D eigenvalue weighted by Gasteiger charge is 2.27. The minimum Gasteiger partial charge on any atom is -0.480 e. The first-order chi connectivity index (χ1) is 6.42. The van der Waals surface area contributed by atoms with Gasteiger partial charge < -0.3 is 10.8 Å². The van der Waals surface area contributed by atoms with Crippen LogP contribution in [0.25, 0.3) is 0 Å². The summed E-state index contributed by atoms with van der Waals surface area (Å²) in [6.45, 7) is 1.49. The Morgan fingerprint density at radius 3 is 2.33 bits per heavy atom. The molecule has 0 heterocycles. The van der Waals surface area contributed by atoms with Crippen molar-refractivity contribution in [1.82, 2.24) is 0 Å². The molecule has 1 aromatic carbocycles. The van der Waals surface area contributed by atoms with Crippen LogP contribution in [-0.4, -0.2) is 16.6 Å². The van der Waals surface area contributed by atoms with Crippen molar-refractivity contribution in [2.45, 2.75) is 18.9 Å². The number of aliphatic carboxylic acids is 1. The van der Waals surface area contributed by atoms with E-state index in [1.165, 1.54) is 6.92 Å². The lowest BCUT2D eigenvalue weighted by molar-refractivity contribution is -0.142. The molecule has 3 nitrogen and oxygen atoms in total. The second-order valence-electron chi connectivity index (χ2n) is 3.53. The molecule has 1 atom stereocenters. The fraction of sp³-hybridized carbons (Fsp3) is 0.300. The topological polar surface area (TPSA) is 63.3 Å². The monoisotopic (exact) mass is 249 g/mol. The summed E-state index contributed by atoms with van der Waals surface area (Å²) in [5, 5.41) is 9.43. The van der Waals surface area contributed by atoms with Gasteiger partial charge in [-0.3, -0.25) is 4.79 Å². The van der Waals surface area contributed by atoms with Gasteiger partial charge in [0.1, 0.15) is 5.54 Å². The molecule has 0 aliphatic heterocycles. The molecule has 0 saturated heterocycles. The van der Waals surface area contributed by atoms with Crippen LogP contribution >= 0.6 is 24.0 Å². The predicted molar refractivity (Wildman–Crippen MR) is 62.6 cm³/mol. The molecule has 5 heteroatoms. The minimum absolute atomic E-state index is 0. The molecule has 0 bridgehead atoms. The van der Waals surface area contributed by atoms with E-state index in [9.17, 15) is 4.79 Å². The van der Waals surface area contributed by atoms with E-state index in [-0.39, 0.29) is 12.4 Å². The highest BCUT2D eigenvalue weighted by molar-refractivity contribution is 6.30. The zero-order chi connectivity index (χ0) is 10.8. The summed E-state index contributed by atoms with van der Waals surface area (Å²) in [5.74, 6) is -1.01. The first-order valence-electron chi connectivity index (χ1n) is 4.18. The lowest BCUT2D eigenvalue weighted by Crippen LogP contribution is -2.46. The second kappa shape index (κ2) is 5.35. The van der Waals surface area contributed by atoms with Crippen LogP contribution in [-0.2, 0) is 11.2 Å². The number of hydrogen-bond acceptors (Lipinski definition) is 2. The average molecular weight is 250 g/mol. The van der Waals surface area contributed by atoms with Gasteiger partial charge in [0, 0.05) is 11.4 Å². The van der Waals surface area contributed by atoms with Gasteiger partial charge in [-0.25, -0.2) is 0 Å². The normalized spacial score (nSPS) is 13.8. The molecule has 0 spiro atoms. The number of benzene rings is 1. The highest BCUT2D eigenvalue weighted by atomic mass is 35.5. The van der Waals surface area contributed by atoms with Crippen LogP contribution in [0.2, 0.25) is 5.02 Å². The second-order valence-corrected chi connectivity index (χ2v) is 3.96. The van der Waals surface area contributed by atoms with Gasteiger partial charge in [-0.1, -0.05) is 23.7 Å². The molecular formula is C10H13Cl2NO2. The maximum atomic E-state index is 10.7. The Morgan fingerprint density at radius 1 is 1.47 bits per heavy atom. The van der Waals surface area contributed by atoms with E-state index in [1.807, 2.05) is 0 Å². The zero-order valence-corrected chi connectivity index (χ0v) is 9.81. The Morgan fingerprint density at radius 2 is 1.93 bits per heavy atom. The molecule has 1 aromatic rings. The zero-order valence-electron chi connectivity index (χ0n) is 8.24. The molecule has 0 aliphatic rings. The Balaban J connectivity index is 0.00000196. The minimum atomic E-state index is -1.23. The number of nitrogens with two attached hydrogens (primary N) is 1. The Kier molecular flexibility index (Phi) is 5.08. The Bertz CT molecular complexity index is 336. The van der Waals surface area contributed by atoms with E-state index in [1.54, 1.807) is 24.3 Å². The molecule has 1 rings (SSSR count). The van der Waals surface area contributed by atoms with Gasteiger partial charge in [0.25, 0.3) is 0 Å². The smallest absolute Gasteiger partial charge is 0.323 e. The maximum Gasteiger partial charge on any atom is 0.323 e. The summed E-state index contributed by atoms with van der Waals surface area (Å²) in [6.07, 6.45) is 0.291. The van der Waals surface area contributed by atoms with E-state index in [4.69, 9.17) is 22.4 Å². The number of carboxylic acids is 1. The summed E-state index contributed by atoms with van der Waals surface area (Å²) in [6, 6.07) is 6.98. The van der Waals surface area contributed by atoms with E-state index >= 15 is 0 Å². The molecule has 0 aromatic heterocycles. The lowest BCUT2D eigenvalue weighted by atomic mass is 9.94.